The molecule has 2 aromatic carbocycles. The van der Waals surface area contributed by atoms with Crippen LogP contribution in [0, 0.1) is 5.82 Å². The van der Waals surface area contributed by atoms with E-state index in [0.29, 0.717) is 66.9 Å². The number of fused-ring (bicyclic) bond motifs is 2. The number of anilines is 3. The fourth-order valence-electron chi connectivity index (χ4n) is 3.36. The zero-order chi connectivity index (χ0) is 23.2. The minimum Gasteiger partial charge on any atom is -0.489 e. The number of nitrogens with one attached hydrogen (secondary N) is 1. The summed E-state index contributed by atoms with van der Waals surface area (Å²) in [6.07, 6.45) is 2.64. The van der Waals surface area contributed by atoms with E-state index in [1.165, 1.54) is 29.4 Å². The Kier molecular flexibility index (Phi) is 7.33. The second-order valence-corrected chi connectivity index (χ2v) is 7.49. The van der Waals surface area contributed by atoms with Gasteiger partial charge in [0, 0.05) is 23.7 Å². The monoisotopic (exact) mass is 472 g/mol. The molecule has 172 valence electrons. The second kappa shape index (κ2) is 10.6. The van der Waals surface area contributed by atoms with Crippen LogP contribution in [0.3, 0.4) is 0 Å². The van der Waals surface area contributed by atoms with Crippen LogP contribution in [0.25, 0.3) is 10.9 Å². The largest absolute Gasteiger partial charge is 0.489 e. The van der Waals surface area contributed by atoms with Crippen LogP contribution in [0.5, 0.6) is 5.75 Å². The van der Waals surface area contributed by atoms with Gasteiger partial charge < -0.3 is 24.4 Å². The van der Waals surface area contributed by atoms with Crippen LogP contribution in [0.2, 0.25) is 5.02 Å². The number of aromatic nitrogens is 2. The quantitative estimate of drug-likeness (QED) is 0.574. The fraction of sp³-hybridized carbons (Fsp3) is 0.261. The predicted molar refractivity (Wildman–Crippen MR) is 124 cm³/mol. The Hall–Kier alpha value is -3.27. The van der Waals surface area contributed by atoms with Crippen LogP contribution in [-0.4, -0.2) is 55.5 Å². The summed E-state index contributed by atoms with van der Waals surface area (Å²) in [6, 6.07) is 7.79. The lowest BCUT2D eigenvalue weighted by Gasteiger charge is -2.25. The van der Waals surface area contributed by atoms with E-state index in [1.807, 2.05) is 0 Å². The minimum atomic E-state index is -0.517. The number of nitrogens with zero attached hydrogens (tertiary/aromatic N) is 3. The zero-order valence-corrected chi connectivity index (χ0v) is 18.5. The first-order valence-electron chi connectivity index (χ1n) is 10.3. The van der Waals surface area contributed by atoms with E-state index in [0.717, 1.165) is 0 Å². The van der Waals surface area contributed by atoms with E-state index >= 15 is 0 Å². The zero-order valence-electron chi connectivity index (χ0n) is 17.7. The van der Waals surface area contributed by atoms with Crippen LogP contribution >= 0.6 is 11.6 Å². The summed E-state index contributed by atoms with van der Waals surface area (Å²) in [7, 11) is 0. The molecule has 0 unspecified atom stereocenters. The maximum atomic E-state index is 13.6. The van der Waals surface area contributed by atoms with Crippen LogP contribution in [0.4, 0.5) is 21.6 Å². The molecule has 8 nitrogen and oxygen atoms in total. The molecule has 2 heterocycles. The number of benzene rings is 2. The third kappa shape index (κ3) is 5.39. The maximum absolute atomic E-state index is 13.6. The lowest BCUT2D eigenvalue weighted by atomic mass is 10.1. The Morgan fingerprint density at radius 2 is 1.91 bits per heavy atom. The van der Waals surface area contributed by atoms with Gasteiger partial charge in [0.15, 0.2) is 0 Å². The Bertz CT molecular complexity index is 1180. The van der Waals surface area contributed by atoms with Crippen LogP contribution in [-0.2, 0) is 14.3 Å². The Labute approximate surface area is 194 Å². The Balaban J connectivity index is 1.79. The molecular weight excluding hydrogens is 451 g/mol. The maximum Gasteiger partial charge on any atom is 0.250 e. The molecular formula is C23H22ClFN4O4. The molecule has 0 aliphatic carbocycles. The summed E-state index contributed by atoms with van der Waals surface area (Å²) in [4.78, 5) is 22.9. The molecule has 4 rings (SSSR count). The first kappa shape index (κ1) is 22.9. The molecule has 1 aliphatic rings. The van der Waals surface area contributed by atoms with Gasteiger partial charge in [0.1, 0.15) is 30.3 Å². The van der Waals surface area contributed by atoms with Crippen molar-refractivity contribution < 1.29 is 23.4 Å². The first-order chi connectivity index (χ1) is 16.1. The lowest BCUT2D eigenvalue weighted by Crippen LogP contribution is -2.33. The molecule has 0 atom stereocenters. The normalized spacial score (nSPS) is 15.0. The van der Waals surface area contributed by atoms with Crippen molar-refractivity contribution in [2.45, 2.75) is 0 Å². The van der Waals surface area contributed by atoms with Gasteiger partial charge in [-0.1, -0.05) is 18.2 Å². The van der Waals surface area contributed by atoms with Crippen molar-refractivity contribution in [3.8, 4) is 5.75 Å². The first-order valence-corrected chi connectivity index (χ1v) is 10.7. The molecule has 1 aromatic heterocycles. The average molecular weight is 473 g/mol. The smallest absolute Gasteiger partial charge is 0.250 e. The van der Waals surface area contributed by atoms with Crippen LogP contribution in [0.1, 0.15) is 0 Å². The highest BCUT2D eigenvalue weighted by Gasteiger charge is 2.21. The van der Waals surface area contributed by atoms with Crippen LogP contribution < -0.4 is 15.0 Å². The van der Waals surface area contributed by atoms with Gasteiger partial charge in [-0.05, 0) is 30.3 Å². The van der Waals surface area contributed by atoms with E-state index < -0.39 is 5.82 Å². The Morgan fingerprint density at radius 1 is 1.12 bits per heavy atom. The van der Waals surface area contributed by atoms with E-state index in [-0.39, 0.29) is 17.5 Å². The molecule has 0 radical (unpaired) electrons. The van der Waals surface area contributed by atoms with Crippen molar-refractivity contribution in [3.05, 3.63) is 60.2 Å². The average Bonchev–Trinajstić information content (AvgIpc) is 2.81. The Morgan fingerprint density at radius 3 is 2.70 bits per heavy atom. The van der Waals surface area contributed by atoms with E-state index in [1.54, 1.807) is 18.2 Å². The topological polar surface area (TPSA) is 85.8 Å². The van der Waals surface area contributed by atoms with Crippen LogP contribution in [0.15, 0.2) is 49.3 Å². The molecule has 1 N–H and O–H groups in total. The molecule has 33 heavy (non-hydrogen) atoms. The standard InChI is InChI=1S/C23H22ClFN4O4/c1-2-22(30)29-5-6-31-7-8-32-9-10-33-21-13-19-16(12-20(21)29)23(27-14-26-19)28-15-3-4-18(25)17(24)11-15/h2-4,11-14H,1,5-10H2,(H,26,27,28). The number of halogens is 2. The van der Waals surface area contributed by atoms with Crippen molar-refractivity contribution in [3.63, 3.8) is 0 Å². The number of hydrogen-bond acceptors (Lipinski definition) is 7. The van der Waals surface area contributed by atoms with Crippen molar-refractivity contribution >= 4 is 45.6 Å². The van der Waals surface area contributed by atoms with Crippen molar-refractivity contribution in [2.24, 2.45) is 0 Å². The number of carbonyl (C=O) groups is 1. The number of carbonyl (C=O) groups excluding carboxylic acids is 1. The number of hydrogen-bond donors (Lipinski definition) is 1. The third-order valence-electron chi connectivity index (χ3n) is 4.95. The molecule has 10 heteroatoms. The second-order valence-electron chi connectivity index (χ2n) is 7.08. The van der Waals surface area contributed by atoms with Gasteiger partial charge in [0.2, 0.25) is 0 Å². The van der Waals surface area contributed by atoms with E-state index in [9.17, 15) is 9.18 Å². The van der Waals surface area contributed by atoms with E-state index in [2.05, 4.69) is 21.9 Å². The molecule has 0 saturated heterocycles. The molecule has 1 aliphatic heterocycles. The molecule has 0 spiro atoms. The highest BCUT2D eigenvalue weighted by Crippen LogP contribution is 2.36. The van der Waals surface area contributed by atoms with Gasteiger partial charge in [0.25, 0.3) is 5.91 Å². The summed E-state index contributed by atoms with van der Waals surface area (Å²) in [5, 5.41) is 3.76. The van der Waals surface area contributed by atoms with Crippen molar-refractivity contribution in [2.75, 3.05) is 49.8 Å². The van der Waals surface area contributed by atoms with E-state index in [4.69, 9.17) is 25.8 Å². The molecule has 0 fully saturated rings. The minimum absolute atomic E-state index is 0.0128. The van der Waals surface area contributed by atoms with Crippen molar-refractivity contribution in [1.82, 2.24) is 9.97 Å². The molecule has 1 amide bonds. The van der Waals surface area contributed by atoms with Gasteiger partial charge in [-0.3, -0.25) is 4.79 Å². The summed E-state index contributed by atoms with van der Waals surface area (Å²) < 4.78 is 30.6. The summed E-state index contributed by atoms with van der Waals surface area (Å²) in [6.45, 7) is 5.74. The van der Waals surface area contributed by atoms with Gasteiger partial charge in [-0.2, -0.15) is 0 Å². The number of amides is 1. The molecule has 3 aromatic rings. The summed E-state index contributed by atoms with van der Waals surface area (Å²) in [5.74, 6) is 0.114. The fourth-order valence-corrected chi connectivity index (χ4v) is 3.54. The van der Waals surface area contributed by atoms with Gasteiger partial charge in [-0.15, -0.1) is 0 Å². The van der Waals surface area contributed by atoms with Gasteiger partial charge >= 0.3 is 0 Å². The van der Waals surface area contributed by atoms with Gasteiger partial charge in [0.05, 0.1) is 42.7 Å². The SMILES string of the molecule is C=CC(=O)N1CCOCCOCCOc2cc3ncnc(Nc4ccc(F)c(Cl)c4)c3cc21. The lowest BCUT2D eigenvalue weighted by molar-refractivity contribution is -0.114. The summed E-state index contributed by atoms with van der Waals surface area (Å²) >= 11 is 5.91. The third-order valence-corrected chi connectivity index (χ3v) is 5.24. The number of rotatable bonds is 3. The highest BCUT2D eigenvalue weighted by molar-refractivity contribution is 6.31. The molecule has 0 bridgehead atoms. The van der Waals surface area contributed by atoms with Crippen molar-refractivity contribution in [1.29, 1.82) is 0 Å². The predicted octanol–water partition coefficient (Wildman–Crippen LogP) is 4.11. The van der Waals surface area contributed by atoms with Gasteiger partial charge in [-0.25, -0.2) is 14.4 Å². The molecule has 0 saturated carbocycles. The number of ether oxygens (including phenoxy) is 3. The highest BCUT2D eigenvalue weighted by atomic mass is 35.5. The summed E-state index contributed by atoms with van der Waals surface area (Å²) in [5.41, 5.74) is 1.66.